The number of alkyl carbamates (subject to hydrolysis) is 1. The lowest BCUT2D eigenvalue weighted by Gasteiger charge is -2.34. The Morgan fingerprint density at radius 1 is 1.12 bits per heavy atom. The smallest absolute Gasteiger partial charge is 0.407 e. The van der Waals surface area contributed by atoms with E-state index in [1.54, 1.807) is 20.8 Å². The first-order valence-corrected chi connectivity index (χ1v) is 7.62. The zero-order valence-corrected chi connectivity index (χ0v) is 14.8. The number of rotatable bonds is 3. The Balaban J connectivity index is 3.15. The summed E-state index contributed by atoms with van der Waals surface area (Å²) in [5.41, 5.74) is -0.817. The van der Waals surface area contributed by atoms with Gasteiger partial charge in [-0.05, 0) is 11.8 Å². The molecule has 0 aliphatic carbocycles. The summed E-state index contributed by atoms with van der Waals surface area (Å²) in [6, 6.07) is -2.52. The van der Waals surface area contributed by atoms with Crippen LogP contribution in [0.15, 0.2) is 0 Å². The van der Waals surface area contributed by atoms with Crippen LogP contribution in [0.4, 0.5) is 18.0 Å². The number of carbonyl (C=O) groups is 3. The predicted octanol–water partition coefficient (Wildman–Crippen LogP) is 1.71. The van der Waals surface area contributed by atoms with Gasteiger partial charge in [-0.15, -0.1) is 0 Å². The Morgan fingerprint density at radius 2 is 1.68 bits per heavy atom. The van der Waals surface area contributed by atoms with Crippen LogP contribution in [0.2, 0.25) is 0 Å². The van der Waals surface area contributed by atoms with E-state index in [0.29, 0.717) is 0 Å². The van der Waals surface area contributed by atoms with Crippen molar-refractivity contribution in [3.8, 4) is 0 Å². The molecule has 0 unspecified atom stereocenters. The fourth-order valence-corrected chi connectivity index (χ4v) is 2.67. The van der Waals surface area contributed by atoms with E-state index in [0.717, 1.165) is 19.1 Å². The van der Waals surface area contributed by atoms with Crippen LogP contribution in [0.25, 0.3) is 0 Å². The molecule has 144 valence electrons. The molecule has 0 aromatic rings. The van der Waals surface area contributed by atoms with Gasteiger partial charge in [-0.25, -0.2) is 9.59 Å². The summed E-state index contributed by atoms with van der Waals surface area (Å²) in [5, 5.41) is 2.33. The lowest BCUT2D eigenvalue weighted by Crippen LogP contribution is -2.56. The number of carbonyl (C=O) groups excluding carboxylic acids is 3. The summed E-state index contributed by atoms with van der Waals surface area (Å²) in [4.78, 5) is 37.0. The van der Waals surface area contributed by atoms with Crippen molar-refractivity contribution in [2.45, 2.75) is 45.5 Å². The van der Waals surface area contributed by atoms with Crippen molar-refractivity contribution in [1.82, 2.24) is 10.2 Å². The largest absolute Gasteiger partial charge is 0.467 e. The molecular weight excluding hydrogens is 345 g/mol. The topological polar surface area (TPSA) is 84.9 Å². The molecule has 1 aliphatic rings. The van der Waals surface area contributed by atoms with E-state index in [1.165, 1.54) is 0 Å². The van der Waals surface area contributed by atoms with Gasteiger partial charge in [-0.1, -0.05) is 20.8 Å². The molecular formula is C15H23F3N2O5. The van der Waals surface area contributed by atoms with Gasteiger partial charge in [0, 0.05) is 6.54 Å². The van der Waals surface area contributed by atoms with Gasteiger partial charge in [-0.2, -0.15) is 13.2 Å². The zero-order chi connectivity index (χ0) is 19.6. The van der Waals surface area contributed by atoms with Crippen molar-refractivity contribution in [2.75, 3.05) is 20.8 Å². The van der Waals surface area contributed by atoms with Crippen LogP contribution in [0, 0.1) is 11.3 Å². The number of alkyl halides is 3. The highest BCUT2D eigenvalue weighted by Gasteiger charge is 2.53. The van der Waals surface area contributed by atoms with E-state index in [1.807, 2.05) is 0 Å². The van der Waals surface area contributed by atoms with Crippen molar-refractivity contribution >= 4 is 18.0 Å². The monoisotopic (exact) mass is 368 g/mol. The number of methoxy groups -OCH3 is 2. The fraction of sp³-hybridized carbons (Fsp3) is 0.800. The van der Waals surface area contributed by atoms with Crippen LogP contribution in [0.1, 0.15) is 27.2 Å². The summed E-state index contributed by atoms with van der Waals surface area (Å²) >= 11 is 0. The van der Waals surface area contributed by atoms with Crippen molar-refractivity contribution in [3.63, 3.8) is 0 Å². The Hall–Kier alpha value is -2.00. The molecule has 1 fully saturated rings. The van der Waals surface area contributed by atoms with Crippen LogP contribution < -0.4 is 5.32 Å². The first kappa shape index (κ1) is 21.0. The van der Waals surface area contributed by atoms with Crippen LogP contribution >= 0.6 is 0 Å². The highest BCUT2D eigenvalue weighted by molar-refractivity contribution is 5.90. The van der Waals surface area contributed by atoms with Crippen LogP contribution in [-0.2, 0) is 19.1 Å². The van der Waals surface area contributed by atoms with E-state index >= 15 is 0 Å². The third-order valence-corrected chi connectivity index (χ3v) is 4.08. The fourth-order valence-electron chi connectivity index (χ4n) is 2.67. The molecule has 1 aliphatic heterocycles. The zero-order valence-electron chi connectivity index (χ0n) is 14.8. The van der Waals surface area contributed by atoms with Crippen LogP contribution in [0.5, 0.6) is 0 Å². The van der Waals surface area contributed by atoms with E-state index in [-0.39, 0.29) is 0 Å². The maximum atomic E-state index is 13.1. The van der Waals surface area contributed by atoms with Gasteiger partial charge >= 0.3 is 18.2 Å². The molecule has 10 heteroatoms. The molecule has 2 amide bonds. The van der Waals surface area contributed by atoms with Crippen LogP contribution in [-0.4, -0.2) is 61.9 Å². The summed E-state index contributed by atoms with van der Waals surface area (Å²) < 4.78 is 48.2. The standard InChI is InChI=1S/C15H23F3N2O5/c1-14(2,3)10(19-13(23)25-5)11(21)20-7-8(15(16,17)18)6-9(20)12(22)24-4/h8-10H,6-7H2,1-5H3,(H,19,23)/t8-,9+,10-/m1/s1. The molecule has 1 rings (SSSR count). The van der Waals surface area contributed by atoms with Crippen LogP contribution in [0.3, 0.4) is 0 Å². The Kier molecular flexibility index (Phi) is 6.30. The number of likely N-dealkylation sites (tertiary alicyclic amines) is 1. The van der Waals surface area contributed by atoms with Gasteiger partial charge in [0.05, 0.1) is 20.1 Å². The average molecular weight is 368 g/mol. The number of esters is 1. The number of halogens is 3. The first-order chi connectivity index (χ1) is 11.3. The number of ether oxygens (including phenoxy) is 2. The minimum atomic E-state index is -4.55. The summed E-state index contributed by atoms with van der Waals surface area (Å²) in [6.45, 7) is 4.24. The number of amides is 2. The lowest BCUT2D eigenvalue weighted by atomic mass is 9.85. The van der Waals surface area contributed by atoms with Crippen molar-refractivity contribution in [3.05, 3.63) is 0 Å². The van der Waals surface area contributed by atoms with Gasteiger partial charge in [0.2, 0.25) is 5.91 Å². The number of hydrogen-bond donors (Lipinski definition) is 1. The second-order valence-electron chi connectivity index (χ2n) is 6.94. The molecule has 1 N–H and O–H groups in total. The Bertz CT molecular complexity index is 530. The second-order valence-corrected chi connectivity index (χ2v) is 6.94. The molecule has 3 atom stereocenters. The normalized spacial score (nSPS) is 22.3. The van der Waals surface area contributed by atoms with E-state index in [2.05, 4.69) is 14.8 Å². The summed E-state index contributed by atoms with van der Waals surface area (Å²) in [5.74, 6) is -3.55. The van der Waals surface area contributed by atoms with Gasteiger partial charge in [-0.3, -0.25) is 4.79 Å². The van der Waals surface area contributed by atoms with E-state index < -0.39 is 60.5 Å². The maximum absolute atomic E-state index is 13.1. The minimum Gasteiger partial charge on any atom is -0.467 e. The molecule has 25 heavy (non-hydrogen) atoms. The highest BCUT2D eigenvalue weighted by Crippen LogP contribution is 2.38. The third-order valence-electron chi connectivity index (χ3n) is 4.08. The third kappa shape index (κ3) is 4.99. The molecule has 0 spiro atoms. The average Bonchev–Trinajstić information content (AvgIpc) is 2.95. The Morgan fingerprint density at radius 3 is 2.08 bits per heavy atom. The Labute approximate surface area is 143 Å². The van der Waals surface area contributed by atoms with Gasteiger partial charge < -0.3 is 19.7 Å². The maximum Gasteiger partial charge on any atom is 0.407 e. The highest BCUT2D eigenvalue weighted by atomic mass is 19.4. The van der Waals surface area contributed by atoms with Gasteiger partial charge in [0.1, 0.15) is 12.1 Å². The van der Waals surface area contributed by atoms with Gasteiger partial charge in [0.25, 0.3) is 0 Å². The van der Waals surface area contributed by atoms with Crippen molar-refractivity contribution < 1.29 is 37.0 Å². The first-order valence-electron chi connectivity index (χ1n) is 7.62. The van der Waals surface area contributed by atoms with E-state index in [9.17, 15) is 27.6 Å². The molecule has 7 nitrogen and oxygen atoms in total. The molecule has 0 aromatic carbocycles. The van der Waals surface area contributed by atoms with Crippen molar-refractivity contribution in [2.24, 2.45) is 11.3 Å². The van der Waals surface area contributed by atoms with Crippen molar-refractivity contribution in [1.29, 1.82) is 0 Å². The molecule has 1 saturated heterocycles. The number of nitrogens with zero attached hydrogens (tertiary/aromatic N) is 1. The predicted molar refractivity (Wildman–Crippen MR) is 80.5 cm³/mol. The summed E-state index contributed by atoms with van der Waals surface area (Å²) in [6.07, 6.45) is -6.01. The minimum absolute atomic E-state index is 0.572. The molecule has 0 saturated carbocycles. The quantitative estimate of drug-likeness (QED) is 0.767. The molecule has 0 aromatic heterocycles. The summed E-state index contributed by atoms with van der Waals surface area (Å²) in [7, 11) is 2.15. The SMILES string of the molecule is COC(=O)N[C@H](C(=O)N1C[C@H](C(F)(F)F)C[C@H]1C(=O)OC)C(C)(C)C. The number of hydrogen-bond acceptors (Lipinski definition) is 5. The second kappa shape index (κ2) is 7.49. The van der Waals surface area contributed by atoms with Gasteiger partial charge in [0.15, 0.2) is 0 Å². The number of nitrogens with one attached hydrogen (secondary N) is 1. The lowest BCUT2D eigenvalue weighted by molar-refractivity contribution is -0.171. The van der Waals surface area contributed by atoms with E-state index in [4.69, 9.17) is 0 Å². The molecule has 0 bridgehead atoms. The molecule has 0 radical (unpaired) electrons. The molecule has 1 heterocycles.